The summed E-state index contributed by atoms with van der Waals surface area (Å²) >= 11 is 0. The number of fused-ring (bicyclic) bond motifs is 3. The average Bonchev–Trinajstić information content (AvgIpc) is 2.99. The van der Waals surface area contributed by atoms with Crippen molar-refractivity contribution in [2.45, 2.75) is 44.6 Å². The molecule has 1 atom stereocenters. The molecule has 5 nitrogen and oxygen atoms in total. The van der Waals surface area contributed by atoms with Gasteiger partial charge in [-0.15, -0.1) is 0 Å². The van der Waals surface area contributed by atoms with Crippen LogP contribution < -0.4 is 5.32 Å². The largest absolute Gasteiger partial charge is 0.480 e. The van der Waals surface area contributed by atoms with Gasteiger partial charge in [0.25, 0.3) is 0 Å². The van der Waals surface area contributed by atoms with E-state index in [4.69, 9.17) is 4.74 Å². The van der Waals surface area contributed by atoms with E-state index in [-0.39, 0.29) is 12.5 Å². The molecule has 2 aromatic carbocycles. The number of amides is 1. The molecule has 0 aromatic heterocycles. The zero-order valence-electron chi connectivity index (χ0n) is 15.7. The number of hydrogen-bond donors (Lipinski definition) is 2. The Morgan fingerprint density at radius 2 is 1.59 bits per heavy atom. The number of alkyl carbamates (subject to hydrolysis) is 1. The molecule has 0 heterocycles. The van der Waals surface area contributed by atoms with Crippen molar-refractivity contribution in [3.8, 4) is 11.1 Å². The zero-order chi connectivity index (χ0) is 19.4. The number of carboxylic acid groups (broad SMARTS) is 1. The highest BCUT2D eigenvalue weighted by Gasteiger charge is 2.38. The number of carboxylic acids is 1. The summed E-state index contributed by atoms with van der Waals surface area (Å²) in [6.45, 7) is 3.83. The van der Waals surface area contributed by atoms with E-state index in [1.54, 1.807) is 6.92 Å². The fourth-order valence-corrected chi connectivity index (χ4v) is 3.90. The SMILES string of the molecule is CCC[C@@](CC)(NC(=O)OCC1c2ccccc2-c2ccccc21)C(=O)O. The van der Waals surface area contributed by atoms with Crippen molar-refractivity contribution >= 4 is 12.1 Å². The van der Waals surface area contributed by atoms with E-state index in [0.717, 1.165) is 22.3 Å². The van der Waals surface area contributed by atoms with Crippen molar-refractivity contribution in [1.82, 2.24) is 5.32 Å². The van der Waals surface area contributed by atoms with E-state index in [1.165, 1.54) is 0 Å². The highest BCUT2D eigenvalue weighted by atomic mass is 16.5. The van der Waals surface area contributed by atoms with Crippen molar-refractivity contribution in [1.29, 1.82) is 0 Å². The second-order valence-electron chi connectivity index (χ2n) is 6.94. The molecule has 0 bridgehead atoms. The van der Waals surface area contributed by atoms with Crippen LogP contribution in [-0.2, 0) is 9.53 Å². The van der Waals surface area contributed by atoms with Crippen LogP contribution in [0, 0.1) is 0 Å². The van der Waals surface area contributed by atoms with Crippen molar-refractivity contribution in [3.05, 3.63) is 59.7 Å². The number of benzene rings is 2. The van der Waals surface area contributed by atoms with Gasteiger partial charge in [0.15, 0.2) is 0 Å². The maximum atomic E-state index is 12.4. The lowest BCUT2D eigenvalue weighted by atomic mass is 9.91. The normalized spacial score (nSPS) is 14.7. The van der Waals surface area contributed by atoms with Crippen LogP contribution >= 0.6 is 0 Å². The Morgan fingerprint density at radius 3 is 2.07 bits per heavy atom. The molecule has 0 radical (unpaired) electrons. The highest BCUT2D eigenvalue weighted by Crippen LogP contribution is 2.44. The standard InChI is InChI=1S/C22H25NO4/c1-3-13-22(4-2,20(24)25)23-21(26)27-14-19-17-11-7-5-9-15(17)16-10-6-8-12-18(16)19/h5-12,19H,3-4,13-14H2,1-2H3,(H,23,26)(H,24,25)/t22-/m1/s1. The van der Waals surface area contributed by atoms with E-state index >= 15 is 0 Å². The minimum Gasteiger partial charge on any atom is -0.480 e. The van der Waals surface area contributed by atoms with Gasteiger partial charge in [0, 0.05) is 5.92 Å². The molecule has 1 aliphatic carbocycles. The average molecular weight is 367 g/mol. The topological polar surface area (TPSA) is 75.6 Å². The fourth-order valence-electron chi connectivity index (χ4n) is 3.90. The molecule has 1 amide bonds. The Morgan fingerprint density at radius 1 is 1.04 bits per heavy atom. The third-order valence-corrected chi connectivity index (χ3v) is 5.37. The van der Waals surface area contributed by atoms with Gasteiger partial charge < -0.3 is 15.2 Å². The molecule has 0 saturated carbocycles. The first kappa shape index (κ1) is 19.0. The van der Waals surface area contributed by atoms with Gasteiger partial charge in [0.05, 0.1) is 0 Å². The molecule has 5 heteroatoms. The van der Waals surface area contributed by atoms with Crippen molar-refractivity contribution in [2.75, 3.05) is 6.61 Å². The summed E-state index contributed by atoms with van der Waals surface area (Å²) in [7, 11) is 0. The van der Waals surface area contributed by atoms with Crippen LogP contribution in [0.2, 0.25) is 0 Å². The maximum Gasteiger partial charge on any atom is 0.408 e. The number of ether oxygens (including phenoxy) is 1. The van der Waals surface area contributed by atoms with Crippen LogP contribution in [0.3, 0.4) is 0 Å². The summed E-state index contributed by atoms with van der Waals surface area (Å²) in [4.78, 5) is 24.1. The summed E-state index contributed by atoms with van der Waals surface area (Å²) < 4.78 is 5.48. The molecule has 0 aliphatic heterocycles. The van der Waals surface area contributed by atoms with Gasteiger partial charge in [0.2, 0.25) is 0 Å². The van der Waals surface area contributed by atoms with Gasteiger partial charge in [-0.2, -0.15) is 0 Å². The predicted molar refractivity (Wildman–Crippen MR) is 104 cm³/mol. The van der Waals surface area contributed by atoms with Gasteiger partial charge in [-0.25, -0.2) is 9.59 Å². The molecular weight excluding hydrogens is 342 g/mol. The van der Waals surface area contributed by atoms with Crippen LogP contribution in [0.5, 0.6) is 0 Å². The van der Waals surface area contributed by atoms with E-state index in [2.05, 4.69) is 17.4 Å². The van der Waals surface area contributed by atoms with E-state index in [0.29, 0.717) is 19.3 Å². The lowest BCUT2D eigenvalue weighted by Gasteiger charge is -2.28. The van der Waals surface area contributed by atoms with Crippen LogP contribution in [0.25, 0.3) is 11.1 Å². The van der Waals surface area contributed by atoms with Gasteiger partial charge in [0.1, 0.15) is 12.1 Å². The molecule has 0 saturated heterocycles. The number of rotatable bonds is 7. The van der Waals surface area contributed by atoms with Gasteiger partial charge in [-0.05, 0) is 35.1 Å². The van der Waals surface area contributed by atoms with Gasteiger partial charge in [-0.3, -0.25) is 0 Å². The second-order valence-corrected chi connectivity index (χ2v) is 6.94. The summed E-state index contributed by atoms with van der Waals surface area (Å²) in [5.74, 6) is -1.07. The van der Waals surface area contributed by atoms with Gasteiger partial charge >= 0.3 is 12.1 Å². The first-order valence-electron chi connectivity index (χ1n) is 9.39. The van der Waals surface area contributed by atoms with E-state index < -0.39 is 17.6 Å². The molecule has 1 aliphatic rings. The number of nitrogens with one attached hydrogen (secondary N) is 1. The molecule has 0 spiro atoms. The Balaban J connectivity index is 1.75. The first-order valence-corrected chi connectivity index (χ1v) is 9.39. The zero-order valence-corrected chi connectivity index (χ0v) is 15.7. The van der Waals surface area contributed by atoms with Crippen LogP contribution in [0.4, 0.5) is 4.79 Å². The monoisotopic (exact) mass is 367 g/mol. The number of carbonyl (C=O) groups excluding carboxylic acids is 1. The Hall–Kier alpha value is -2.82. The molecule has 2 N–H and O–H groups in total. The van der Waals surface area contributed by atoms with Crippen molar-refractivity contribution in [3.63, 3.8) is 0 Å². The Kier molecular flexibility index (Phi) is 5.49. The molecule has 0 fully saturated rings. The quantitative estimate of drug-likeness (QED) is 0.752. The number of aliphatic carboxylic acids is 1. The first-order chi connectivity index (χ1) is 13.0. The number of hydrogen-bond acceptors (Lipinski definition) is 3. The highest BCUT2D eigenvalue weighted by molar-refractivity contribution is 5.84. The van der Waals surface area contributed by atoms with Crippen molar-refractivity contribution < 1.29 is 19.4 Å². The fraction of sp³-hybridized carbons (Fsp3) is 0.364. The predicted octanol–water partition coefficient (Wildman–Crippen LogP) is 4.56. The van der Waals surface area contributed by atoms with E-state index in [1.807, 2.05) is 43.3 Å². The molecule has 142 valence electrons. The van der Waals surface area contributed by atoms with Gasteiger partial charge in [-0.1, -0.05) is 68.8 Å². The number of carbonyl (C=O) groups is 2. The van der Waals surface area contributed by atoms with Crippen molar-refractivity contribution in [2.24, 2.45) is 0 Å². The van der Waals surface area contributed by atoms with Crippen LogP contribution in [0.15, 0.2) is 48.5 Å². The Labute approximate surface area is 159 Å². The summed E-state index contributed by atoms with van der Waals surface area (Å²) in [6.07, 6.45) is 0.641. The van der Waals surface area contributed by atoms with Crippen LogP contribution in [-0.4, -0.2) is 29.3 Å². The molecule has 3 rings (SSSR count). The lowest BCUT2D eigenvalue weighted by molar-refractivity contribution is -0.145. The molecular formula is C22H25NO4. The summed E-state index contributed by atoms with van der Waals surface area (Å²) in [5, 5.41) is 12.2. The minimum atomic E-state index is -1.28. The maximum absolute atomic E-state index is 12.4. The smallest absolute Gasteiger partial charge is 0.408 e. The second kappa shape index (κ2) is 7.82. The Bertz CT molecular complexity index is 802. The summed E-state index contributed by atoms with van der Waals surface area (Å²) in [6, 6.07) is 16.2. The lowest BCUT2D eigenvalue weighted by Crippen LogP contribution is -2.54. The summed E-state index contributed by atoms with van der Waals surface area (Å²) in [5.41, 5.74) is 3.28. The molecule has 2 aromatic rings. The third-order valence-electron chi connectivity index (χ3n) is 5.37. The third kappa shape index (κ3) is 3.54. The van der Waals surface area contributed by atoms with Crippen LogP contribution in [0.1, 0.15) is 50.2 Å². The molecule has 27 heavy (non-hydrogen) atoms. The minimum absolute atomic E-state index is 0.0461. The van der Waals surface area contributed by atoms with E-state index in [9.17, 15) is 14.7 Å². The molecule has 0 unspecified atom stereocenters.